The highest BCUT2D eigenvalue weighted by atomic mass is 16.4. The third-order valence-corrected chi connectivity index (χ3v) is 4.44. The first kappa shape index (κ1) is 15.2. The van der Waals surface area contributed by atoms with Crippen molar-refractivity contribution in [1.29, 1.82) is 0 Å². The van der Waals surface area contributed by atoms with Crippen LogP contribution in [-0.4, -0.2) is 11.1 Å². The Morgan fingerprint density at radius 3 is 2.60 bits per heavy atom. The van der Waals surface area contributed by atoms with E-state index in [2.05, 4.69) is 0 Å². The highest BCUT2D eigenvalue weighted by Gasteiger charge is 2.24. The van der Waals surface area contributed by atoms with E-state index in [0.717, 1.165) is 11.1 Å². The summed E-state index contributed by atoms with van der Waals surface area (Å²) in [6.45, 7) is 0. The van der Waals surface area contributed by atoms with Crippen LogP contribution in [-0.2, 0) is 6.42 Å². The van der Waals surface area contributed by atoms with Crippen LogP contribution in [0, 0.1) is 0 Å². The summed E-state index contributed by atoms with van der Waals surface area (Å²) in [6.07, 6.45) is 3.29. The van der Waals surface area contributed by atoms with Gasteiger partial charge in [0.15, 0.2) is 5.43 Å². The molecule has 0 saturated carbocycles. The van der Waals surface area contributed by atoms with Gasteiger partial charge < -0.3 is 15.3 Å². The van der Waals surface area contributed by atoms with E-state index in [1.165, 1.54) is 12.1 Å². The zero-order valence-electron chi connectivity index (χ0n) is 13.3. The van der Waals surface area contributed by atoms with Gasteiger partial charge in [-0.1, -0.05) is 12.1 Å². The predicted octanol–water partition coefficient (Wildman–Crippen LogP) is 3.56. The van der Waals surface area contributed by atoms with Crippen molar-refractivity contribution in [2.45, 2.75) is 12.8 Å². The molecule has 0 saturated heterocycles. The molecule has 0 atom stereocenters. The Balaban J connectivity index is 1.87. The van der Waals surface area contributed by atoms with Crippen LogP contribution in [0.5, 0.6) is 0 Å². The maximum atomic E-state index is 12.7. The largest absolute Gasteiger partial charge is 0.478 e. The van der Waals surface area contributed by atoms with E-state index in [1.54, 1.807) is 6.07 Å². The fourth-order valence-corrected chi connectivity index (χ4v) is 3.16. The average molecular weight is 333 g/mol. The fraction of sp³-hybridized carbons (Fsp3) is 0.100. The summed E-state index contributed by atoms with van der Waals surface area (Å²) in [6, 6.07) is 11.8. The summed E-state index contributed by atoms with van der Waals surface area (Å²) < 4.78 is 5.94. The summed E-state index contributed by atoms with van der Waals surface area (Å²) in [5.41, 5.74) is 9.28. The van der Waals surface area contributed by atoms with Crippen LogP contribution in [0.3, 0.4) is 0 Å². The number of nitrogen functional groups attached to an aromatic ring is 1. The molecule has 0 unspecified atom stereocenters. The van der Waals surface area contributed by atoms with E-state index in [4.69, 9.17) is 15.3 Å². The van der Waals surface area contributed by atoms with Crippen molar-refractivity contribution in [1.82, 2.24) is 0 Å². The van der Waals surface area contributed by atoms with Gasteiger partial charge in [0.1, 0.15) is 11.3 Å². The van der Waals surface area contributed by atoms with E-state index in [1.807, 2.05) is 30.3 Å². The Morgan fingerprint density at radius 2 is 1.88 bits per heavy atom. The topological polar surface area (TPSA) is 93.5 Å². The number of aromatic carboxylic acids is 1. The minimum Gasteiger partial charge on any atom is -0.478 e. The number of carboxylic acids is 1. The van der Waals surface area contributed by atoms with Gasteiger partial charge in [0.25, 0.3) is 0 Å². The summed E-state index contributed by atoms with van der Waals surface area (Å²) in [5, 5.41) is 9.42. The molecule has 1 heterocycles. The molecule has 1 aliphatic carbocycles. The van der Waals surface area contributed by atoms with E-state index in [-0.39, 0.29) is 11.0 Å². The standard InChI is InChI=1S/C20H15NO4/c21-14-5-1-11(2-6-14)9-12-3-7-15-18(22)16-10-13(20(23)24)4-8-17(16)25-19(12)15/h1-2,4-6,8-10H,3,7,21H2,(H,23,24). The molecule has 1 aliphatic rings. The minimum absolute atomic E-state index is 0.0791. The third kappa shape index (κ3) is 2.59. The lowest BCUT2D eigenvalue weighted by Gasteiger charge is -2.05. The van der Waals surface area contributed by atoms with E-state index in [0.29, 0.717) is 40.8 Å². The molecular weight excluding hydrogens is 318 g/mol. The zero-order chi connectivity index (χ0) is 17.6. The first-order valence-electron chi connectivity index (χ1n) is 7.92. The molecule has 3 aromatic rings. The second kappa shape index (κ2) is 5.63. The van der Waals surface area contributed by atoms with Crippen LogP contribution in [0.2, 0.25) is 0 Å². The number of hydrogen-bond acceptors (Lipinski definition) is 4. The molecule has 124 valence electrons. The Bertz CT molecular complexity index is 1090. The molecule has 25 heavy (non-hydrogen) atoms. The monoisotopic (exact) mass is 333 g/mol. The van der Waals surface area contributed by atoms with Gasteiger partial charge in [-0.05, 0) is 60.4 Å². The first-order valence-corrected chi connectivity index (χ1v) is 7.92. The molecule has 0 amide bonds. The number of benzene rings is 2. The van der Waals surface area contributed by atoms with Crippen LogP contribution < -0.4 is 11.2 Å². The Hall–Kier alpha value is -3.34. The number of nitrogens with two attached hydrogens (primary N) is 1. The van der Waals surface area contributed by atoms with Crippen molar-refractivity contribution in [3.8, 4) is 0 Å². The first-order chi connectivity index (χ1) is 12.0. The van der Waals surface area contributed by atoms with Crippen molar-refractivity contribution in [2.24, 2.45) is 0 Å². The van der Waals surface area contributed by atoms with Crippen molar-refractivity contribution in [3.05, 3.63) is 75.1 Å². The normalized spacial score (nSPS) is 14.8. The summed E-state index contributed by atoms with van der Waals surface area (Å²) >= 11 is 0. The van der Waals surface area contributed by atoms with Crippen molar-refractivity contribution >= 4 is 34.3 Å². The molecule has 3 N–H and O–H groups in total. The number of hydrogen-bond donors (Lipinski definition) is 2. The van der Waals surface area contributed by atoms with Crippen LogP contribution >= 0.6 is 0 Å². The van der Waals surface area contributed by atoms with Gasteiger partial charge in [-0.25, -0.2) is 4.79 Å². The number of carbonyl (C=O) groups is 1. The fourth-order valence-electron chi connectivity index (χ4n) is 3.16. The van der Waals surface area contributed by atoms with Gasteiger partial charge in [-0.2, -0.15) is 0 Å². The second-order valence-electron chi connectivity index (χ2n) is 6.09. The minimum atomic E-state index is -1.06. The van der Waals surface area contributed by atoms with E-state index < -0.39 is 5.97 Å². The van der Waals surface area contributed by atoms with Crippen LogP contribution in [0.25, 0.3) is 22.6 Å². The van der Waals surface area contributed by atoms with Crippen molar-refractivity contribution in [3.63, 3.8) is 0 Å². The quantitative estimate of drug-likeness (QED) is 0.699. The van der Waals surface area contributed by atoms with E-state index in [9.17, 15) is 9.59 Å². The highest BCUT2D eigenvalue weighted by Crippen LogP contribution is 2.34. The third-order valence-electron chi connectivity index (χ3n) is 4.44. The summed E-state index contributed by atoms with van der Waals surface area (Å²) in [5.74, 6) is -0.469. The van der Waals surface area contributed by atoms with Crippen molar-refractivity contribution < 1.29 is 14.3 Å². The number of rotatable bonds is 2. The maximum absolute atomic E-state index is 12.7. The van der Waals surface area contributed by atoms with Crippen LogP contribution in [0.4, 0.5) is 5.69 Å². The lowest BCUT2D eigenvalue weighted by Crippen LogP contribution is -2.09. The molecular formula is C20H15NO4. The van der Waals surface area contributed by atoms with Gasteiger partial charge in [-0.15, -0.1) is 0 Å². The Morgan fingerprint density at radius 1 is 1.12 bits per heavy atom. The summed E-state index contributed by atoms with van der Waals surface area (Å²) in [4.78, 5) is 23.9. The van der Waals surface area contributed by atoms with Gasteiger partial charge in [0, 0.05) is 11.3 Å². The van der Waals surface area contributed by atoms with Gasteiger partial charge in [0.05, 0.1) is 10.9 Å². The van der Waals surface area contributed by atoms with Crippen LogP contribution in [0.15, 0.2) is 51.7 Å². The molecule has 2 aromatic carbocycles. The maximum Gasteiger partial charge on any atom is 0.335 e. The second-order valence-corrected chi connectivity index (χ2v) is 6.09. The molecule has 4 rings (SSSR count). The average Bonchev–Trinajstić information content (AvgIpc) is 3.00. The highest BCUT2D eigenvalue weighted by molar-refractivity contribution is 5.94. The molecule has 1 aromatic heterocycles. The van der Waals surface area contributed by atoms with Gasteiger partial charge in [0.2, 0.25) is 0 Å². The lowest BCUT2D eigenvalue weighted by molar-refractivity contribution is 0.0697. The number of allylic oxidation sites excluding steroid dienone is 1. The smallest absolute Gasteiger partial charge is 0.335 e. The number of carboxylic acid groups (broad SMARTS) is 1. The molecule has 0 spiro atoms. The van der Waals surface area contributed by atoms with Crippen LogP contribution in [0.1, 0.15) is 33.7 Å². The molecule has 0 bridgehead atoms. The van der Waals surface area contributed by atoms with E-state index >= 15 is 0 Å². The van der Waals surface area contributed by atoms with Crippen molar-refractivity contribution in [2.75, 3.05) is 5.73 Å². The van der Waals surface area contributed by atoms with Gasteiger partial charge in [-0.3, -0.25) is 4.79 Å². The Kier molecular flexibility index (Phi) is 3.42. The molecule has 0 radical (unpaired) electrons. The summed E-state index contributed by atoms with van der Waals surface area (Å²) in [7, 11) is 0. The predicted molar refractivity (Wildman–Crippen MR) is 96.5 cm³/mol. The number of fused-ring (bicyclic) bond motifs is 2. The zero-order valence-corrected chi connectivity index (χ0v) is 13.3. The molecule has 5 nitrogen and oxygen atoms in total. The molecule has 0 aliphatic heterocycles. The number of anilines is 1. The molecule has 5 heteroatoms. The Labute approximate surface area is 143 Å². The van der Waals surface area contributed by atoms with Gasteiger partial charge >= 0.3 is 5.97 Å². The lowest BCUT2D eigenvalue weighted by atomic mass is 10.1. The SMILES string of the molecule is Nc1ccc(C=C2CCc3c2oc2ccc(C(=O)O)cc2c3=O)cc1. The molecule has 0 fully saturated rings.